The Morgan fingerprint density at radius 2 is 2.08 bits per heavy atom. The van der Waals surface area contributed by atoms with E-state index in [2.05, 4.69) is 11.9 Å². The zero-order chi connectivity index (χ0) is 17.6. The predicted molar refractivity (Wildman–Crippen MR) is 97.3 cm³/mol. The molecule has 0 saturated carbocycles. The summed E-state index contributed by atoms with van der Waals surface area (Å²) in [7, 11) is 0. The maximum absolute atomic E-state index is 12.8. The molecule has 1 saturated heterocycles. The van der Waals surface area contributed by atoms with Gasteiger partial charge in [-0.25, -0.2) is 0 Å². The van der Waals surface area contributed by atoms with Crippen molar-refractivity contribution in [3.8, 4) is 5.75 Å². The van der Waals surface area contributed by atoms with Crippen LogP contribution in [0.25, 0.3) is 0 Å². The number of pyridine rings is 1. The molecule has 1 aliphatic heterocycles. The van der Waals surface area contributed by atoms with Crippen LogP contribution in [0, 0.1) is 5.92 Å². The lowest BCUT2D eigenvalue weighted by molar-refractivity contribution is 0.0532. The van der Waals surface area contributed by atoms with Crippen LogP contribution in [0.3, 0.4) is 0 Å². The minimum absolute atomic E-state index is 0.0540. The van der Waals surface area contributed by atoms with Gasteiger partial charge in [0.25, 0.3) is 5.91 Å². The second-order valence-electron chi connectivity index (χ2n) is 6.56. The van der Waals surface area contributed by atoms with Gasteiger partial charge in [-0.3, -0.25) is 9.78 Å². The number of nitrogens with two attached hydrogens (primary N) is 1. The zero-order valence-corrected chi connectivity index (χ0v) is 14.6. The lowest BCUT2D eigenvalue weighted by Crippen LogP contribution is -2.51. The van der Waals surface area contributed by atoms with Crippen LogP contribution in [0.15, 0.2) is 48.7 Å². The summed E-state index contributed by atoms with van der Waals surface area (Å²) < 4.78 is 5.72. The zero-order valence-electron chi connectivity index (χ0n) is 14.6. The Balaban J connectivity index is 1.64. The number of carbonyl (C=O) groups excluding carboxylic acids is 1. The molecule has 1 aliphatic rings. The second-order valence-corrected chi connectivity index (χ2v) is 6.56. The van der Waals surface area contributed by atoms with E-state index >= 15 is 0 Å². The molecule has 0 radical (unpaired) electrons. The second kappa shape index (κ2) is 8.12. The van der Waals surface area contributed by atoms with Crippen LogP contribution in [-0.4, -0.2) is 34.9 Å². The summed E-state index contributed by atoms with van der Waals surface area (Å²) in [5, 5.41) is 0. The third kappa shape index (κ3) is 4.17. The SMILES string of the molecule is CC1CCCN(C(=O)c2ccc(OCc3ccccn3)cc2)C1CN. The predicted octanol–water partition coefficient (Wildman–Crippen LogP) is 2.86. The van der Waals surface area contributed by atoms with Gasteiger partial charge in [0.05, 0.1) is 5.69 Å². The summed E-state index contributed by atoms with van der Waals surface area (Å²) in [5.74, 6) is 1.23. The number of ether oxygens (including phenoxy) is 1. The van der Waals surface area contributed by atoms with E-state index in [0.29, 0.717) is 24.6 Å². The molecule has 1 amide bonds. The van der Waals surface area contributed by atoms with E-state index in [4.69, 9.17) is 10.5 Å². The highest BCUT2D eigenvalue weighted by Gasteiger charge is 2.31. The number of rotatable bonds is 5. The number of benzene rings is 1. The number of hydrogen-bond donors (Lipinski definition) is 1. The van der Waals surface area contributed by atoms with Crippen molar-refractivity contribution in [3.05, 3.63) is 59.9 Å². The van der Waals surface area contributed by atoms with Crippen molar-refractivity contribution in [2.24, 2.45) is 11.7 Å². The van der Waals surface area contributed by atoms with Gasteiger partial charge in [0, 0.05) is 30.9 Å². The molecule has 0 bridgehead atoms. The standard InChI is InChI=1S/C20H25N3O2/c1-15-5-4-12-23(19(15)13-21)20(24)16-7-9-18(10-8-16)25-14-17-6-2-3-11-22-17/h2-3,6-11,15,19H,4-5,12-14,21H2,1H3. The molecule has 2 aromatic rings. The minimum Gasteiger partial charge on any atom is -0.487 e. The van der Waals surface area contributed by atoms with E-state index in [1.54, 1.807) is 6.20 Å². The van der Waals surface area contributed by atoms with E-state index in [1.807, 2.05) is 47.4 Å². The molecular formula is C20H25N3O2. The van der Waals surface area contributed by atoms with Crippen molar-refractivity contribution in [3.63, 3.8) is 0 Å². The Bertz CT molecular complexity index is 688. The van der Waals surface area contributed by atoms with Gasteiger partial charge in [0.2, 0.25) is 0 Å². The third-order valence-electron chi connectivity index (χ3n) is 4.83. The number of likely N-dealkylation sites (tertiary alicyclic amines) is 1. The first-order valence-electron chi connectivity index (χ1n) is 8.83. The molecule has 0 aliphatic carbocycles. The van der Waals surface area contributed by atoms with Crippen molar-refractivity contribution in [1.82, 2.24) is 9.88 Å². The number of hydrogen-bond acceptors (Lipinski definition) is 4. The smallest absolute Gasteiger partial charge is 0.254 e. The summed E-state index contributed by atoms with van der Waals surface area (Å²) in [5.41, 5.74) is 7.45. The molecule has 2 atom stereocenters. The van der Waals surface area contributed by atoms with Crippen LogP contribution in [0.5, 0.6) is 5.75 Å². The Hall–Kier alpha value is -2.40. The molecule has 1 aromatic carbocycles. The summed E-state index contributed by atoms with van der Waals surface area (Å²) in [6.07, 6.45) is 3.91. The normalized spacial score (nSPS) is 20.3. The van der Waals surface area contributed by atoms with Gasteiger partial charge in [0.15, 0.2) is 0 Å². The van der Waals surface area contributed by atoms with E-state index in [-0.39, 0.29) is 11.9 Å². The number of aromatic nitrogens is 1. The van der Waals surface area contributed by atoms with Crippen molar-refractivity contribution in [2.75, 3.05) is 13.1 Å². The first-order chi connectivity index (χ1) is 12.2. The van der Waals surface area contributed by atoms with Crippen molar-refractivity contribution < 1.29 is 9.53 Å². The van der Waals surface area contributed by atoms with Crippen molar-refractivity contribution >= 4 is 5.91 Å². The molecule has 25 heavy (non-hydrogen) atoms. The van der Waals surface area contributed by atoms with Gasteiger partial charge in [-0.2, -0.15) is 0 Å². The summed E-state index contributed by atoms with van der Waals surface area (Å²) in [6.45, 7) is 3.87. The average molecular weight is 339 g/mol. The number of piperidine rings is 1. The molecular weight excluding hydrogens is 314 g/mol. The molecule has 5 nitrogen and oxygen atoms in total. The van der Waals surface area contributed by atoms with Gasteiger partial charge in [-0.05, 0) is 55.2 Å². The summed E-state index contributed by atoms with van der Waals surface area (Å²) in [4.78, 5) is 19.0. The van der Waals surface area contributed by atoms with E-state index < -0.39 is 0 Å². The quantitative estimate of drug-likeness (QED) is 0.909. The molecule has 2 N–H and O–H groups in total. The van der Waals surface area contributed by atoms with Crippen LogP contribution in [0.2, 0.25) is 0 Å². The highest BCUT2D eigenvalue weighted by Crippen LogP contribution is 2.25. The molecule has 1 fully saturated rings. The van der Waals surface area contributed by atoms with Gasteiger partial charge in [-0.1, -0.05) is 13.0 Å². The minimum atomic E-state index is 0.0540. The fourth-order valence-corrected chi connectivity index (χ4v) is 3.36. The maximum atomic E-state index is 12.8. The lowest BCUT2D eigenvalue weighted by Gasteiger charge is -2.39. The molecule has 3 rings (SSSR count). The highest BCUT2D eigenvalue weighted by molar-refractivity contribution is 5.94. The van der Waals surface area contributed by atoms with Crippen molar-refractivity contribution in [1.29, 1.82) is 0 Å². The molecule has 132 valence electrons. The Morgan fingerprint density at radius 1 is 1.28 bits per heavy atom. The van der Waals surface area contributed by atoms with Crippen LogP contribution in [0.1, 0.15) is 35.8 Å². The summed E-state index contributed by atoms with van der Waals surface area (Å²) in [6, 6.07) is 13.2. The van der Waals surface area contributed by atoms with Gasteiger partial charge < -0.3 is 15.4 Å². The van der Waals surface area contributed by atoms with E-state index in [9.17, 15) is 4.79 Å². The topological polar surface area (TPSA) is 68.5 Å². The van der Waals surface area contributed by atoms with E-state index in [0.717, 1.165) is 30.8 Å². The largest absolute Gasteiger partial charge is 0.487 e. The van der Waals surface area contributed by atoms with Gasteiger partial charge in [-0.15, -0.1) is 0 Å². The average Bonchev–Trinajstić information content (AvgIpc) is 2.67. The number of carbonyl (C=O) groups is 1. The van der Waals surface area contributed by atoms with Gasteiger partial charge >= 0.3 is 0 Å². The maximum Gasteiger partial charge on any atom is 0.254 e. The Labute approximate surface area is 148 Å². The monoisotopic (exact) mass is 339 g/mol. The van der Waals surface area contributed by atoms with Crippen LogP contribution in [-0.2, 0) is 6.61 Å². The fourth-order valence-electron chi connectivity index (χ4n) is 3.36. The van der Waals surface area contributed by atoms with E-state index in [1.165, 1.54) is 0 Å². The Morgan fingerprint density at radius 3 is 2.76 bits per heavy atom. The molecule has 0 spiro atoms. The summed E-state index contributed by atoms with van der Waals surface area (Å²) >= 11 is 0. The molecule has 1 aromatic heterocycles. The van der Waals surface area contributed by atoms with Crippen LogP contribution < -0.4 is 10.5 Å². The first-order valence-corrected chi connectivity index (χ1v) is 8.83. The number of amides is 1. The van der Waals surface area contributed by atoms with Gasteiger partial charge in [0.1, 0.15) is 12.4 Å². The molecule has 5 heteroatoms. The lowest BCUT2D eigenvalue weighted by atomic mass is 9.90. The molecule has 2 heterocycles. The fraction of sp³-hybridized carbons (Fsp3) is 0.400. The van der Waals surface area contributed by atoms with Crippen LogP contribution in [0.4, 0.5) is 0 Å². The number of nitrogens with zero attached hydrogens (tertiary/aromatic N) is 2. The molecule has 2 unspecified atom stereocenters. The van der Waals surface area contributed by atoms with Crippen molar-refractivity contribution in [2.45, 2.75) is 32.4 Å². The Kier molecular flexibility index (Phi) is 5.66. The van der Waals surface area contributed by atoms with Crippen LogP contribution >= 0.6 is 0 Å². The highest BCUT2D eigenvalue weighted by atomic mass is 16.5. The first kappa shape index (κ1) is 17.4. The third-order valence-corrected chi connectivity index (χ3v) is 4.83.